The van der Waals surface area contributed by atoms with E-state index in [1.54, 1.807) is 0 Å². The van der Waals surface area contributed by atoms with E-state index in [9.17, 15) is 18.7 Å². The van der Waals surface area contributed by atoms with Crippen LogP contribution in [0.2, 0.25) is 0 Å². The van der Waals surface area contributed by atoms with Crippen LogP contribution in [0.25, 0.3) is 0 Å². The molecule has 5 heteroatoms. The predicted octanol–water partition coefficient (Wildman–Crippen LogP) is 1.50. The summed E-state index contributed by atoms with van der Waals surface area (Å²) in [7, 11) is 0. The summed E-state index contributed by atoms with van der Waals surface area (Å²) in [5.41, 5.74) is -1.36. The standard InChI is InChI=1S/C9H14F2O3/c1-8(2,7(13)14)6(12)5-3-9(10,11)4-5/h5-6,12H,3-4H2,1-2H3,(H,13,14). The zero-order chi connectivity index (χ0) is 11.1. The molecule has 1 aliphatic carbocycles. The summed E-state index contributed by atoms with van der Waals surface area (Å²) in [6.07, 6.45) is -2.03. The molecule has 0 aromatic carbocycles. The lowest BCUT2D eigenvalue weighted by atomic mass is 9.69. The maximum Gasteiger partial charge on any atom is 0.311 e. The van der Waals surface area contributed by atoms with Gasteiger partial charge in [0.05, 0.1) is 11.5 Å². The third-order valence-corrected chi connectivity index (χ3v) is 2.86. The van der Waals surface area contributed by atoms with Crippen LogP contribution in [0.3, 0.4) is 0 Å². The zero-order valence-corrected chi connectivity index (χ0v) is 8.13. The van der Waals surface area contributed by atoms with Crippen LogP contribution in [0.5, 0.6) is 0 Å². The molecule has 0 spiro atoms. The van der Waals surface area contributed by atoms with Gasteiger partial charge in [-0.15, -0.1) is 0 Å². The SMILES string of the molecule is CC(C)(C(=O)O)C(O)C1CC(F)(F)C1. The molecular formula is C9H14F2O3. The minimum absolute atomic E-state index is 0.412. The lowest BCUT2D eigenvalue weighted by Crippen LogP contribution is -2.50. The van der Waals surface area contributed by atoms with E-state index in [0.717, 1.165) is 0 Å². The van der Waals surface area contributed by atoms with Crippen LogP contribution < -0.4 is 0 Å². The van der Waals surface area contributed by atoms with E-state index in [1.165, 1.54) is 13.8 Å². The summed E-state index contributed by atoms with van der Waals surface area (Å²) in [5, 5.41) is 18.3. The number of alkyl halides is 2. The van der Waals surface area contributed by atoms with Crippen molar-refractivity contribution in [2.45, 2.75) is 38.7 Å². The van der Waals surface area contributed by atoms with Crippen molar-refractivity contribution in [2.75, 3.05) is 0 Å². The third kappa shape index (κ3) is 1.87. The van der Waals surface area contributed by atoms with Crippen LogP contribution in [0, 0.1) is 11.3 Å². The van der Waals surface area contributed by atoms with E-state index < -0.39 is 42.2 Å². The predicted molar refractivity (Wildman–Crippen MR) is 45.1 cm³/mol. The number of carboxylic acids is 1. The second-order valence-corrected chi connectivity index (χ2v) is 4.50. The fourth-order valence-corrected chi connectivity index (χ4v) is 1.65. The van der Waals surface area contributed by atoms with Crippen molar-refractivity contribution in [1.82, 2.24) is 0 Å². The highest BCUT2D eigenvalue weighted by Crippen LogP contribution is 2.47. The number of carboxylic acid groups (broad SMARTS) is 1. The summed E-state index contributed by atoms with van der Waals surface area (Å²) in [5.74, 6) is -4.49. The fraction of sp³-hybridized carbons (Fsp3) is 0.889. The number of aliphatic hydroxyl groups is 1. The molecule has 1 saturated carbocycles. The first-order valence-corrected chi connectivity index (χ1v) is 4.46. The van der Waals surface area contributed by atoms with Crippen LogP contribution >= 0.6 is 0 Å². The van der Waals surface area contributed by atoms with Crippen molar-refractivity contribution in [3.63, 3.8) is 0 Å². The van der Waals surface area contributed by atoms with E-state index in [4.69, 9.17) is 5.11 Å². The number of carbonyl (C=O) groups is 1. The van der Waals surface area contributed by atoms with Gasteiger partial charge in [-0.2, -0.15) is 0 Å². The average molecular weight is 208 g/mol. The highest BCUT2D eigenvalue weighted by molar-refractivity contribution is 5.74. The Hall–Kier alpha value is -0.710. The third-order valence-electron chi connectivity index (χ3n) is 2.86. The Morgan fingerprint density at radius 2 is 1.93 bits per heavy atom. The van der Waals surface area contributed by atoms with Gasteiger partial charge in [-0.1, -0.05) is 0 Å². The summed E-state index contributed by atoms with van der Waals surface area (Å²) in [6.45, 7) is 2.69. The molecule has 1 aliphatic rings. The minimum atomic E-state index is -2.72. The Morgan fingerprint density at radius 3 is 2.21 bits per heavy atom. The highest BCUT2D eigenvalue weighted by Gasteiger charge is 2.53. The van der Waals surface area contributed by atoms with Crippen LogP contribution in [-0.2, 0) is 4.79 Å². The number of rotatable bonds is 3. The van der Waals surface area contributed by atoms with Gasteiger partial charge in [0.1, 0.15) is 0 Å². The Kier molecular flexibility index (Phi) is 2.56. The molecule has 0 aliphatic heterocycles. The second kappa shape index (κ2) is 3.15. The molecule has 0 aromatic heterocycles. The minimum Gasteiger partial charge on any atom is -0.481 e. The molecule has 1 rings (SSSR count). The van der Waals surface area contributed by atoms with Crippen molar-refractivity contribution in [1.29, 1.82) is 0 Å². The number of hydrogen-bond acceptors (Lipinski definition) is 2. The van der Waals surface area contributed by atoms with Crippen molar-refractivity contribution >= 4 is 5.97 Å². The molecule has 0 saturated heterocycles. The topological polar surface area (TPSA) is 57.5 Å². The molecule has 14 heavy (non-hydrogen) atoms. The quantitative estimate of drug-likeness (QED) is 0.739. The normalized spacial score (nSPS) is 24.1. The first-order valence-electron chi connectivity index (χ1n) is 4.46. The second-order valence-electron chi connectivity index (χ2n) is 4.50. The number of aliphatic hydroxyl groups excluding tert-OH is 1. The van der Waals surface area contributed by atoms with Gasteiger partial charge in [-0.25, -0.2) is 8.78 Å². The smallest absolute Gasteiger partial charge is 0.311 e. The molecule has 0 aromatic rings. The largest absolute Gasteiger partial charge is 0.481 e. The lowest BCUT2D eigenvalue weighted by molar-refractivity contribution is -0.179. The molecule has 1 atom stereocenters. The average Bonchev–Trinajstić information content (AvgIpc) is 1.98. The van der Waals surface area contributed by atoms with E-state index in [1.807, 2.05) is 0 Å². The van der Waals surface area contributed by atoms with Gasteiger partial charge in [-0.3, -0.25) is 4.79 Å². The van der Waals surface area contributed by atoms with Gasteiger partial charge in [0.25, 0.3) is 0 Å². The lowest BCUT2D eigenvalue weighted by Gasteiger charge is -2.42. The molecule has 0 amide bonds. The van der Waals surface area contributed by atoms with Crippen molar-refractivity contribution in [3.8, 4) is 0 Å². The first-order chi connectivity index (χ1) is 6.17. The highest BCUT2D eigenvalue weighted by atomic mass is 19.3. The molecule has 0 radical (unpaired) electrons. The fourth-order valence-electron chi connectivity index (χ4n) is 1.65. The van der Waals surface area contributed by atoms with E-state index in [0.29, 0.717) is 0 Å². The van der Waals surface area contributed by atoms with E-state index >= 15 is 0 Å². The molecule has 0 bridgehead atoms. The maximum absolute atomic E-state index is 12.5. The van der Waals surface area contributed by atoms with Gasteiger partial charge in [0.15, 0.2) is 0 Å². The van der Waals surface area contributed by atoms with Crippen molar-refractivity contribution < 1.29 is 23.8 Å². The first kappa shape index (κ1) is 11.4. The van der Waals surface area contributed by atoms with Crippen LogP contribution in [0.1, 0.15) is 26.7 Å². The molecular weight excluding hydrogens is 194 g/mol. The molecule has 2 N–H and O–H groups in total. The van der Waals surface area contributed by atoms with E-state index in [-0.39, 0.29) is 0 Å². The Labute approximate surface area is 80.7 Å². The van der Waals surface area contributed by atoms with Crippen LogP contribution in [-0.4, -0.2) is 28.2 Å². The van der Waals surface area contributed by atoms with Gasteiger partial charge < -0.3 is 10.2 Å². The molecule has 3 nitrogen and oxygen atoms in total. The van der Waals surface area contributed by atoms with Crippen LogP contribution in [0.4, 0.5) is 8.78 Å². The summed E-state index contributed by atoms with van der Waals surface area (Å²) in [6, 6.07) is 0. The molecule has 82 valence electrons. The Bertz CT molecular complexity index is 242. The van der Waals surface area contributed by atoms with E-state index in [2.05, 4.69) is 0 Å². The van der Waals surface area contributed by atoms with Gasteiger partial charge in [0.2, 0.25) is 5.92 Å². The Balaban J connectivity index is 2.60. The summed E-state index contributed by atoms with van der Waals surface area (Å²) >= 11 is 0. The van der Waals surface area contributed by atoms with Gasteiger partial charge >= 0.3 is 5.97 Å². The van der Waals surface area contributed by atoms with Gasteiger partial charge in [0, 0.05) is 12.8 Å². The van der Waals surface area contributed by atoms with Crippen LogP contribution in [0.15, 0.2) is 0 Å². The van der Waals surface area contributed by atoms with Crippen molar-refractivity contribution in [2.24, 2.45) is 11.3 Å². The molecule has 1 fully saturated rings. The monoisotopic (exact) mass is 208 g/mol. The Morgan fingerprint density at radius 1 is 1.50 bits per heavy atom. The zero-order valence-electron chi connectivity index (χ0n) is 8.13. The number of hydrogen-bond donors (Lipinski definition) is 2. The number of halogens is 2. The van der Waals surface area contributed by atoms with Crippen molar-refractivity contribution in [3.05, 3.63) is 0 Å². The molecule has 0 heterocycles. The number of aliphatic carboxylic acids is 1. The van der Waals surface area contributed by atoms with Gasteiger partial charge in [-0.05, 0) is 19.8 Å². The summed E-state index contributed by atoms with van der Waals surface area (Å²) < 4.78 is 25.0. The molecule has 1 unspecified atom stereocenters. The summed E-state index contributed by atoms with van der Waals surface area (Å²) in [4.78, 5) is 10.7. The maximum atomic E-state index is 12.5.